The predicted molar refractivity (Wildman–Crippen MR) is 106 cm³/mol. The molecular weight excluding hydrogens is 418 g/mol. The number of hydrogen-bond donors (Lipinski definition) is 1. The van der Waals surface area contributed by atoms with Gasteiger partial charge in [0.2, 0.25) is 10.0 Å². The van der Waals surface area contributed by atoms with Crippen LogP contribution in [0.1, 0.15) is 33.5 Å². The molecule has 0 unspecified atom stereocenters. The summed E-state index contributed by atoms with van der Waals surface area (Å²) in [7, 11) is -4.09. The van der Waals surface area contributed by atoms with E-state index in [1.807, 2.05) is 12.1 Å². The molecule has 0 fully saturated rings. The zero-order valence-electron chi connectivity index (χ0n) is 15.1. The molecule has 0 aliphatic heterocycles. The summed E-state index contributed by atoms with van der Waals surface area (Å²) in [5.41, 5.74) is 2.75. The maximum atomic E-state index is 12.4. The van der Waals surface area contributed by atoms with E-state index in [2.05, 4.69) is 0 Å². The second-order valence-corrected chi connectivity index (χ2v) is 8.76. The molecule has 3 aromatic rings. The molecule has 2 N–H and O–H groups in total. The number of esters is 1. The molecule has 9 heteroatoms. The van der Waals surface area contributed by atoms with E-state index in [1.165, 1.54) is 23.8 Å². The molecular formula is C20H16ClNO6S. The molecule has 0 bridgehead atoms. The summed E-state index contributed by atoms with van der Waals surface area (Å²) < 4.78 is 33.8. The van der Waals surface area contributed by atoms with Crippen molar-refractivity contribution in [2.75, 3.05) is 0 Å². The molecule has 1 aromatic heterocycles. The summed E-state index contributed by atoms with van der Waals surface area (Å²) in [4.78, 5) is 24.0. The van der Waals surface area contributed by atoms with Crippen molar-refractivity contribution in [2.24, 2.45) is 5.14 Å². The van der Waals surface area contributed by atoms with Crippen molar-refractivity contribution < 1.29 is 22.4 Å². The van der Waals surface area contributed by atoms with E-state index in [9.17, 15) is 18.0 Å². The lowest BCUT2D eigenvalue weighted by Crippen LogP contribution is -2.14. The lowest BCUT2D eigenvalue weighted by molar-refractivity contribution is 0.0473. The molecule has 0 radical (unpaired) electrons. The molecule has 0 amide bonds. The Morgan fingerprint density at radius 1 is 1.14 bits per heavy atom. The molecule has 2 aromatic carbocycles. The Labute approximate surface area is 171 Å². The van der Waals surface area contributed by atoms with Gasteiger partial charge in [-0.25, -0.2) is 23.1 Å². The average Bonchev–Trinajstić information content (AvgIpc) is 3.10. The van der Waals surface area contributed by atoms with Crippen molar-refractivity contribution in [1.29, 1.82) is 0 Å². The maximum Gasteiger partial charge on any atom is 0.338 e. The van der Waals surface area contributed by atoms with Gasteiger partial charge in [-0.2, -0.15) is 0 Å². The summed E-state index contributed by atoms with van der Waals surface area (Å²) in [5.74, 6) is -0.769. The maximum absolute atomic E-state index is 12.4. The van der Waals surface area contributed by atoms with Gasteiger partial charge in [0, 0.05) is 17.0 Å². The molecule has 7 nitrogen and oxygen atoms in total. The van der Waals surface area contributed by atoms with Crippen LogP contribution in [0.2, 0.25) is 5.02 Å². The minimum absolute atomic E-state index is 0.0217. The van der Waals surface area contributed by atoms with Crippen LogP contribution in [0.5, 0.6) is 0 Å². The van der Waals surface area contributed by atoms with Crippen molar-refractivity contribution in [2.45, 2.75) is 30.8 Å². The van der Waals surface area contributed by atoms with Crippen LogP contribution in [0.4, 0.5) is 0 Å². The molecule has 0 saturated carbocycles. The third-order valence-corrected chi connectivity index (χ3v) is 6.27. The quantitative estimate of drug-likeness (QED) is 0.499. The molecule has 1 heterocycles. The Bertz CT molecular complexity index is 1310. The fourth-order valence-corrected chi connectivity index (χ4v) is 4.56. The normalized spacial score (nSPS) is 13.4. The second-order valence-electron chi connectivity index (χ2n) is 6.83. The monoisotopic (exact) mass is 433 g/mol. The number of halogens is 1. The summed E-state index contributed by atoms with van der Waals surface area (Å²) in [6, 6.07) is 8.77. The number of rotatable bonds is 4. The SMILES string of the molecule is NS(=O)(=O)c1cc(C(=O)OCc2cc(=O)oc3cc4c(cc23)CCC4)ccc1Cl. The van der Waals surface area contributed by atoms with E-state index in [1.54, 1.807) is 0 Å². The number of ether oxygens (including phenoxy) is 1. The minimum atomic E-state index is -4.09. The lowest BCUT2D eigenvalue weighted by Gasteiger charge is -2.10. The zero-order valence-corrected chi connectivity index (χ0v) is 16.7. The summed E-state index contributed by atoms with van der Waals surface area (Å²) >= 11 is 5.83. The van der Waals surface area contributed by atoms with Crippen molar-refractivity contribution in [3.05, 3.63) is 74.1 Å². The van der Waals surface area contributed by atoms with Crippen LogP contribution in [0.3, 0.4) is 0 Å². The summed E-state index contributed by atoms with van der Waals surface area (Å²) in [6.07, 6.45) is 2.94. The standard InChI is InChI=1S/C20H16ClNO6S/c21-16-5-4-13(8-18(16)29(22,25)26)20(24)27-10-14-9-19(23)28-17-7-12-3-1-2-11(12)6-15(14)17/h4-9H,1-3,10H2,(H2,22,25,26). The smallest absolute Gasteiger partial charge is 0.338 e. The average molecular weight is 434 g/mol. The zero-order chi connectivity index (χ0) is 20.8. The Morgan fingerprint density at radius 3 is 2.59 bits per heavy atom. The van der Waals surface area contributed by atoms with Crippen molar-refractivity contribution in [3.63, 3.8) is 0 Å². The van der Waals surface area contributed by atoms with E-state index in [0.29, 0.717) is 16.5 Å². The number of nitrogens with two attached hydrogens (primary N) is 1. The molecule has 150 valence electrons. The topological polar surface area (TPSA) is 117 Å². The van der Waals surface area contributed by atoms with E-state index in [-0.39, 0.29) is 22.1 Å². The number of hydrogen-bond acceptors (Lipinski definition) is 6. The molecule has 4 rings (SSSR count). The number of carbonyl (C=O) groups excluding carboxylic acids is 1. The molecule has 0 saturated heterocycles. The van der Waals surface area contributed by atoms with E-state index >= 15 is 0 Å². The fraction of sp³-hybridized carbons (Fsp3) is 0.200. The van der Waals surface area contributed by atoms with Crippen LogP contribution >= 0.6 is 11.6 Å². The first kappa shape index (κ1) is 19.6. The van der Waals surface area contributed by atoms with Gasteiger partial charge in [-0.3, -0.25) is 0 Å². The molecule has 1 aliphatic carbocycles. The van der Waals surface area contributed by atoms with Gasteiger partial charge in [0.15, 0.2) is 0 Å². The van der Waals surface area contributed by atoms with Gasteiger partial charge in [0.05, 0.1) is 10.6 Å². The highest BCUT2D eigenvalue weighted by Crippen LogP contribution is 2.29. The predicted octanol–water partition coefficient (Wildman–Crippen LogP) is 2.94. The third-order valence-electron chi connectivity index (χ3n) is 4.87. The van der Waals surface area contributed by atoms with Gasteiger partial charge in [0.1, 0.15) is 17.1 Å². The van der Waals surface area contributed by atoms with Crippen molar-refractivity contribution in [3.8, 4) is 0 Å². The number of benzene rings is 2. The van der Waals surface area contributed by atoms with Crippen molar-refractivity contribution in [1.82, 2.24) is 0 Å². The number of fused-ring (bicyclic) bond motifs is 2. The molecule has 0 atom stereocenters. The first-order chi connectivity index (χ1) is 13.7. The van der Waals surface area contributed by atoms with Gasteiger partial charge in [-0.15, -0.1) is 0 Å². The Hall–Kier alpha value is -2.68. The van der Waals surface area contributed by atoms with Crippen LogP contribution in [0, 0.1) is 0 Å². The van der Waals surface area contributed by atoms with Gasteiger partial charge >= 0.3 is 11.6 Å². The van der Waals surface area contributed by atoms with E-state index in [0.717, 1.165) is 30.9 Å². The molecule has 29 heavy (non-hydrogen) atoms. The third kappa shape index (κ3) is 3.91. The minimum Gasteiger partial charge on any atom is -0.457 e. The molecule has 0 spiro atoms. The summed E-state index contributed by atoms with van der Waals surface area (Å²) in [5, 5.41) is 5.72. The fourth-order valence-electron chi connectivity index (χ4n) is 3.49. The number of sulfonamides is 1. The highest BCUT2D eigenvalue weighted by molar-refractivity contribution is 7.89. The Balaban J connectivity index is 1.63. The van der Waals surface area contributed by atoms with Gasteiger partial charge in [0.25, 0.3) is 0 Å². The Kier molecular flexibility index (Phi) is 4.94. The van der Waals surface area contributed by atoms with E-state index in [4.69, 9.17) is 25.9 Å². The van der Waals surface area contributed by atoms with Crippen LogP contribution in [-0.2, 0) is 34.2 Å². The van der Waals surface area contributed by atoms with Gasteiger partial charge in [-0.1, -0.05) is 11.6 Å². The van der Waals surface area contributed by atoms with Crippen LogP contribution in [0.15, 0.2) is 50.5 Å². The van der Waals surface area contributed by atoms with Gasteiger partial charge < -0.3 is 9.15 Å². The van der Waals surface area contributed by atoms with Crippen LogP contribution in [-0.4, -0.2) is 14.4 Å². The number of primary sulfonamides is 1. The van der Waals surface area contributed by atoms with Crippen LogP contribution < -0.4 is 10.8 Å². The largest absolute Gasteiger partial charge is 0.457 e. The first-order valence-corrected chi connectivity index (χ1v) is 10.7. The highest BCUT2D eigenvalue weighted by Gasteiger charge is 2.19. The highest BCUT2D eigenvalue weighted by atomic mass is 35.5. The Morgan fingerprint density at radius 2 is 1.86 bits per heavy atom. The number of aryl methyl sites for hydroxylation is 2. The number of carbonyl (C=O) groups is 1. The van der Waals surface area contributed by atoms with Crippen LogP contribution in [0.25, 0.3) is 11.0 Å². The molecule has 1 aliphatic rings. The van der Waals surface area contributed by atoms with Gasteiger partial charge in [-0.05, 0) is 60.7 Å². The van der Waals surface area contributed by atoms with Crippen molar-refractivity contribution >= 4 is 38.6 Å². The van der Waals surface area contributed by atoms with E-state index < -0.39 is 21.6 Å². The second kappa shape index (κ2) is 7.29. The lowest BCUT2D eigenvalue weighted by atomic mass is 10.0. The summed E-state index contributed by atoms with van der Waals surface area (Å²) in [6.45, 7) is -0.174. The first-order valence-electron chi connectivity index (χ1n) is 8.80.